The van der Waals surface area contributed by atoms with Crippen molar-refractivity contribution in [3.05, 3.63) is 47.8 Å². The molecule has 9 nitrogen and oxygen atoms in total. The van der Waals surface area contributed by atoms with E-state index in [0.29, 0.717) is 0 Å². The van der Waals surface area contributed by atoms with Crippen LogP contribution < -0.4 is 24.8 Å². The van der Waals surface area contributed by atoms with Crippen LogP contribution in [0, 0.1) is 5.92 Å². The molecule has 0 unspecified atom stereocenters. The van der Waals surface area contributed by atoms with Crippen LogP contribution in [-0.4, -0.2) is 55.1 Å². The summed E-state index contributed by atoms with van der Waals surface area (Å²) < 4.78 is 57.6. The SMILES string of the molecule is COc1cc([C@@H]2NC(=O)N[C@](O)(C(F)(F)F)[C@@H]2C(=O)c2cccnc2)cc(OC)c1OC. The lowest BCUT2D eigenvalue weighted by atomic mass is 9.77. The standard InChI is InChI=1S/C20H20F3N3O6/c1-30-12-7-11(8-13(31-2)17(12)32-3)15-14(16(27)10-5-4-6-24-9-10)19(29,20(21,22)23)26-18(28)25-15/h4-9,14-15,29H,1-3H3,(H2,25,26,28)/t14-,15-,19+/m0/s1. The molecule has 1 saturated heterocycles. The molecule has 1 aliphatic rings. The third-order valence-electron chi connectivity index (χ3n) is 5.08. The maximum Gasteiger partial charge on any atom is 0.437 e. The average Bonchev–Trinajstić information content (AvgIpc) is 2.76. The van der Waals surface area contributed by atoms with Gasteiger partial charge in [-0.15, -0.1) is 0 Å². The number of carbonyl (C=O) groups is 2. The van der Waals surface area contributed by atoms with E-state index in [4.69, 9.17) is 14.2 Å². The maximum absolute atomic E-state index is 14.0. The van der Waals surface area contributed by atoms with Crippen LogP contribution in [0.3, 0.4) is 0 Å². The van der Waals surface area contributed by atoms with E-state index in [1.165, 1.54) is 57.1 Å². The fraction of sp³-hybridized carbons (Fsp3) is 0.350. The zero-order valence-electron chi connectivity index (χ0n) is 17.2. The highest BCUT2D eigenvalue weighted by Gasteiger charge is 2.66. The van der Waals surface area contributed by atoms with Gasteiger partial charge in [0, 0.05) is 18.0 Å². The second-order valence-electron chi connectivity index (χ2n) is 6.88. The molecule has 3 rings (SSSR count). The number of ketones is 1. The van der Waals surface area contributed by atoms with E-state index in [2.05, 4.69) is 10.3 Å². The molecule has 2 heterocycles. The summed E-state index contributed by atoms with van der Waals surface area (Å²) in [6.45, 7) is 0. The number of nitrogens with zero attached hydrogens (tertiary/aromatic N) is 1. The van der Waals surface area contributed by atoms with Crippen molar-refractivity contribution < 1.29 is 42.1 Å². The Morgan fingerprint density at radius 1 is 1.16 bits per heavy atom. The van der Waals surface area contributed by atoms with E-state index >= 15 is 0 Å². The highest BCUT2D eigenvalue weighted by molar-refractivity contribution is 6.00. The summed E-state index contributed by atoms with van der Waals surface area (Å²) in [5, 5.41) is 14.4. The summed E-state index contributed by atoms with van der Waals surface area (Å²) >= 11 is 0. The summed E-state index contributed by atoms with van der Waals surface area (Å²) in [5.74, 6) is -2.99. The average molecular weight is 455 g/mol. The van der Waals surface area contributed by atoms with Gasteiger partial charge in [-0.2, -0.15) is 13.2 Å². The van der Waals surface area contributed by atoms with Crippen molar-refractivity contribution in [2.45, 2.75) is 17.9 Å². The minimum atomic E-state index is -5.38. The molecule has 3 N–H and O–H groups in total. The Labute approximate surface area is 180 Å². The van der Waals surface area contributed by atoms with E-state index in [1.807, 2.05) is 0 Å². The van der Waals surface area contributed by atoms with Gasteiger partial charge >= 0.3 is 12.2 Å². The Morgan fingerprint density at radius 3 is 2.25 bits per heavy atom. The molecule has 12 heteroatoms. The largest absolute Gasteiger partial charge is 0.493 e. The predicted molar refractivity (Wildman–Crippen MR) is 104 cm³/mol. The number of aliphatic hydroxyl groups is 1. The number of methoxy groups -OCH3 is 3. The Hall–Kier alpha value is -3.54. The summed E-state index contributed by atoms with van der Waals surface area (Å²) in [7, 11) is 3.93. The molecule has 172 valence electrons. The molecule has 0 bridgehead atoms. The zero-order valence-corrected chi connectivity index (χ0v) is 17.2. The molecule has 1 aromatic heterocycles. The molecule has 2 aromatic rings. The van der Waals surface area contributed by atoms with Gasteiger partial charge in [-0.3, -0.25) is 9.78 Å². The van der Waals surface area contributed by atoms with Gasteiger partial charge in [0.1, 0.15) is 5.92 Å². The van der Waals surface area contributed by atoms with Gasteiger partial charge in [-0.05, 0) is 29.8 Å². The van der Waals surface area contributed by atoms with Crippen LogP contribution in [-0.2, 0) is 0 Å². The van der Waals surface area contributed by atoms with Crippen molar-refractivity contribution in [2.75, 3.05) is 21.3 Å². The second-order valence-corrected chi connectivity index (χ2v) is 6.88. The smallest absolute Gasteiger partial charge is 0.437 e. The molecule has 0 saturated carbocycles. The number of ether oxygens (including phenoxy) is 3. The number of benzene rings is 1. The van der Waals surface area contributed by atoms with E-state index in [1.54, 1.807) is 0 Å². The van der Waals surface area contributed by atoms with Crippen molar-refractivity contribution in [3.8, 4) is 17.2 Å². The van der Waals surface area contributed by atoms with Crippen LogP contribution in [0.4, 0.5) is 18.0 Å². The molecule has 0 spiro atoms. The maximum atomic E-state index is 14.0. The number of aromatic nitrogens is 1. The number of carbonyl (C=O) groups excluding carboxylic acids is 2. The Bertz CT molecular complexity index is 992. The first-order valence-corrected chi connectivity index (χ1v) is 9.19. The third kappa shape index (κ3) is 3.88. The van der Waals surface area contributed by atoms with Crippen molar-refractivity contribution in [1.29, 1.82) is 0 Å². The molecular formula is C20H20F3N3O6. The predicted octanol–water partition coefficient (Wildman–Crippen LogP) is 2.21. The summed E-state index contributed by atoms with van der Waals surface area (Å²) in [4.78, 5) is 29.1. The van der Waals surface area contributed by atoms with E-state index in [9.17, 15) is 27.9 Å². The van der Waals surface area contributed by atoms with E-state index in [0.717, 1.165) is 6.20 Å². The fourth-order valence-electron chi connectivity index (χ4n) is 3.59. The second kappa shape index (κ2) is 8.54. The van der Waals surface area contributed by atoms with E-state index in [-0.39, 0.29) is 28.4 Å². The molecule has 32 heavy (non-hydrogen) atoms. The van der Waals surface area contributed by atoms with Gasteiger partial charge in [0.25, 0.3) is 0 Å². The molecule has 1 fully saturated rings. The van der Waals surface area contributed by atoms with Gasteiger partial charge in [-0.1, -0.05) is 0 Å². The van der Waals surface area contributed by atoms with Crippen molar-refractivity contribution in [2.24, 2.45) is 5.92 Å². The molecular weight excluding hydrogens is 435 g/mol. The highest BCUT2D eigenvalue weighted by atomic mass is 19.4. The number of alkyl halides is 3. The molecule has 3 atom stereocenters. The van der Waals surface area contributed by atoms with Gasteiger partial charge in [-0.25, -0.2) is 4.79 Å². The molecule has 2 amide bonds. The quantitative estimate of drug-likeness (QED) is 0.572. The monoisotopic (exact) mass is 455 g/mol. The minimum absolute atomic E-state index is 0.0132. The topological polar surface area (TPSA) is 119 Å². The minimum Gasteiger partial charge on any atom is -0.493 e. The molecule has 1 aliphatic heterocycles. The van der Waals surface area contributed by atoms with Crippen LogP contribution >= 0.6 is 0 Å². The lowest BCUT2D eigenvalue weighted by Crippen LogP contribution is -2.72. The van der Waals surface area contributed by atoms with Gasteiger partial charge in [0.15, 0.2) is 17.3 Å². The lowest BCUT2D eigenvalue weighted by Gasteiger charge is -2.45. The van der Waals surface area contributed by atoms with Crippen molar-refractivity contribution >= 4 is 11.8 Å². The number of halogens is 3. The Morgan fingerprint density at radius 2 is 1.78 bits per heavy atom. The number of urea groups is 1. The summed E-state index contributed by atoms with van der Waals surface area (Å²) in [6.07, 6.45) is -2.97. The fourth-order valence-corrected chi connectivity index (χ4v) is 3.59. The zero-order chi connectivity index (χ0) is 23.7. The first-order valence-electron chi connectivity index (χ1n) is 9.19. The number of pyridine rings is 1. The van der Waals surface area contributed by atoms with Crippen LogP contribution in [0.1, 0.15) is 22.0 Å². The van der Waals surface area contributed by atoms with Gasteiger partial charge < -0.3 is 30.0 Å². The summed E-state index contributed by atoms with van der Waals surface area (Å²) in [5.41, 5.74) is -4.04. The number of hydrogen-bond acceptors (Lipinski definition) is 7. The summed E-state index contributed by atoms with van der Waals surface area (Å²) in [6, 6.07) is 2.27. The first-order chi connectivity index (χ1) is 15.1. The number of hydrogen-bond donors (Lipinski definition) is 3. The van der Waals surface area contributed by atoms with Crippen molar-refractivity contribution in [3.63, 3.8) is 0 Å². The van der Waals surface area contributed by atoms with Crippen LogP contribution in [0.25, 0.3) is 0 Å². The lowest BCUT2D eigenvalue weighted by molar-refractivity contribution is -0.287. The first kappa shape index (κ1) is 23.1. The number of rotatable bonds is 6. The highest BCUT2D eigenvalue weighted by Crippen LogP contribution is 2.47. The Kier molecular flexibility index (Phi) is 6.17. The van der Waals surface area contributed by atoms with Gasteiger partial charge in [0.05, 0.1) is 27.4 Å². The number of Topliss-reactive ketones (excluding diaryl/α,β-unsaturated/α-hetero) is 1. The van der Waals surface area contributed by atoms with Crippen LogP contribution in [0.5, 0.6) is 17.2 Å². The molecule has 0 aliphatic carbocycles. The number of nitrogens with one attached hydrogen (secondary N) is 2. The van der Waals surface area contributed by atoms with Crippen molar-refractivity contribution in [1.82, 2.24) is 15.6 Å². The normalized spacial score (nSPS) is 23.0. The molecule has 1 aromatic carbocycles. The third-order valence-corrected chi connectivity index (χ3v) is 5.08. The molecule has 0 radical (unpaired) electrons. The van der Waals surface area contributed by atoms with Crippen LogP contribution in [0.15, 0.2) is 36.7 Å². The van der Waals surface area contributed by atoms with Gasteiger partial charge in [0.2, 0.25) is 11.5 Å². The number of amides is 2. The Balaban J connectivity index is 2.24. The van der Waals surface area contributed by atoms with E-state index < -0.39 is 35.7 Å². The van der Waals surface area contributed by atoms with Crippen LogP contribution in [0.2, 0.25) is 0 Å².